The van der Waals surface area contributed by atoms with Crippen LogP contribution in [-0.2, 0) is 9.53 Å². The van der Waals surface area contributed by atoms with E-state index < -0.39 is 12.0 Å². The van der Waals surface area contributed by atoms with E-state index in [-0.39, 0.29) is 31.5 Å². The van der Waals surface area contributed by atoms with Crippen LogP contribution in [0.15, 0.2) is 95.7 Å². The van der Waals surface area contributed by atoms with E-state index in [2.05, 4.69) is 31.5 Å². The highest BCUT2D eigenvalue weighted by Gasteiger charge is 2.24. The summed E-state index contributed by atoms with van der Waals surface area (Å²) in [6.07, 6.45) is 2.49. The lowest BCUT2D eigenvalue weighted by molar-refractivity contribution is -0.124. The van der Waals surface area contributed by atoms with E-state index in [9.17, 15) is 14.4 Å². The fourth-order valence-electron chi connectivity index (χ4n) is 3.93. The Labute approximate surface area is 229 Å². The smallest absolute Gasteiger partial charge is 0.411 e. The van der Waals surface area contributed by atoms with Gasteiger partial charge in [0, 0.05) is 34.5 Å². The van der Waals surface area contributed by atoms with Crippen LogP contribution in [0.1, 0.15) is 17.3 Å². The predicted molar refractivity (Wildman–Crippen MR) is 151 cm³/mol. The number of nitrogens with one attached hydrogen (secondary N) is 2. The molecule has 0 aliphatic rings. The number of carbonyl (C=O) groups excluding carboxylic acids is 3. The van der Waals surface area contributed by atoms with E-state index in [0.29, 0.717) is 21.4 Å². The Morgan fingerprint density at radius 3 is 2.50 bits per heavy atom. The van der Waals surface area contributed by atoms with Crippen molar-refractivity contribution < 1.29 is 19.1 Å². The number of aromatic nitrogens is 1. The summed E-state index contributed by atoms with van der Waals surface area (Å²) in [5.41, 5.74) is 1.73. The minimum atomic E-state index is -0.605. The number of pyridine rings is 1. The topological polar surface area (TPSA) is 101 Å². The van der Waals surface area contributed by atoms with Gasteiger partial charge in [-0.05, 0) is 45.6 Å². The second-order valence-corrected chi connectivity index (χ2v) is 9.54. The predicted octanol–water partition coefficient (Wildman–Crippen LogP) is 5.65. The van der Waals surface area contributed by atoms with Gasteiger partial charge in [0.15, 0.2) is 0 Å². The Kier molecular flexibility index (Phi) is 9.05. The van der Waals surface area contributed by atoms with E-state index in [0.717, 1.165) is 10.8 Å². The van der Waals surface area contributed by atoms with Gasteiger partial charge in [-0.15, -0.1) is 0 Å². The number of carbonyl (C=O) groups is 3. The average Bonchev–Trinajstić information content (AvgIpc) is 2.94. The maximum absolute atomic E-state index is 13.3. The molecule has 1 unspecified atom stereocenters. The first-order chi connectivity index (χ1) is 18.4. The number of nitrogens with zero attached hydrogens (tertiary/aromatic N) is 2. The normalized spacial score (nSPS) is 11.4. The number of ether oxygens (including phenoxy) is 1. The summed E-state index contributed by atoms with van der Waals surface area (Å²) < 4.78 is 5.93. The highest BCUT2D eigenvalue weighted by Crippen LogP contribution is 2.23. The molecule has 3 amide bonds. The SMILES string of the molecule is CC(CN(C(=O)c1cncc(Br)c1)c1ccccc1)C(=O)NCCOC(=O)Nc1cccc2ccccc12. The van der Waals surface area contributed by atoms with Gasteiger partial charge in [-0.25, -0.2) is 4.79 Å². The number of anilines is 2. The highest BCUT2D eigenvalue weighted by molar-refractivity contribution is 9.10. The Morgan fingerprint density at radius 2 is 1.71 bits per heavy atom. The van der Waals surface area contributed by atoms with Gasteiger partial charge < -0.3 is 15.0 Å². The molecule has 8 nitrogen and oxygen atoms in total. The second kappa shape index (κ2) is 12.8. The molecule has 38 heavy (non-hydrogen) atoms. The molecule has 0 aliphatic carbocycles. The van der Waals surface area contributed by atoms with Crippen molar-refractivity contribution in [3.05, 3.63) is 101 Å². The molecule has 0 bridgehead atoms. The number of halogens is 1. The zero-order chi connectivity index (χ0) is 26.9. The van der Waals surface area contributed by atoms with Crippen LogP contribution in [0.3, 0.4) is 0 Å². The molecule has 1 heterocycles. The largest absolute Gasteiger partial charge is 0.447 e. The summed E-state index contributed by atoms with van der Waals surface area (Å²) in [5, 5.41) is 7.43. The van der Waals surface area contributed by atoms with E-state index in [1.54, 1.807) is 30.2 Å². The molecule has 0 spiro atoms. The van der Waals surface area contributed by atoms with Crippen LogP contribution < -0.4 is 15.5 Å². The Balaban J connectivity index is 1.30. The lowest BCUT2D eigenvalue weighted by Gasteiger charge is -2.26. The van der Waals surface area contributed by atoms with E-state index in [1.165, 1.54) is 6.20 Å². The molecular formula is C29H27BrN4O4. The standard InChI is InChI=1S/C29H27BrN4O4/c1-20(19-34(24-10-3-2-4-11-24)28(36)22-16-23(30)18-31-17-22)27(35)32-14-15-38-29(37)33-26-13-7-9-21-8-5-6-12-25(21)26/h2-13,16-18,20H,14-15,19H2,1H3,(H,32,35)(H,33,37). The maximum Gasteiger partial charge on any atom is 0.411 e. The summed E-state index contributed by atoms with van der Waals surface area (Å²) in [5.74, 6) is -1.05. The summed E-state index contributed by atoms with van der Waals surface area (Å²) in [7, 11) is 0. The van der Waals surface area contributed by atoms with Gasteiger partial charge in [0.05, 0.1) is 23.7 Å². The first kappa shape index (κ1) is 26.8. The zero-order valence-corrected chi connectivity index (χ0v) is 22.4. The first-order valence-corrected chi connectivity index (χ1v) is 12.9. The Bertz CT molecular complexity index is 1430. The molecule has 9 heteroatoms. The van der Waals surface area contributed by atoms with Crippen molar-refractivity contribution in [1.29, 1.82) is 0 Å². The lowest BCUT2D eigenvalue weighted by Crippen LogP contribution is -2.41. The third-order valence-corrected chi connectivity index (χ3v) is 6.26. The monoisotopic (exact) mass is 574 g/mol. The molecule has 0 radical (unpaired) electrons. The van der Waals surface area contributed by atoms with Crippen LogP contribution in [0.25, 0.3) is 10.8 Å². The van der Waals surface area contributed by atoms with E-state index in [1.807, 2.05) is 66.7 Å². The van der Waals surface area contributed by atoms with Gasteiger partial charge in [-0.1, -0.05) is 61.5 Å². The number of hydrogen-bond acceptors (Lipinski definition) is 5. The summed E-state index contributed by atoms with van der Waals surface area (Å²) >= 11 is 3.35. The first-order valence-electron chi connectivity index (χ1n) is 12.1. The number of amides is 3. The zero-order valence-electron chi connectivity index (χ0n) is 20.8. The summed E-state index contributed by atoms with van der Waals surface area (Å²) in [4.78, 5) is 44.0. The fraction of sp³-hybridized carbons (Fsp3) is 0.172. The number of hydrogen-bond donors (Lipinski definition) is 2. The van der Waals surface area contributed by atoms with Gasteiger partial charge in [0.25, 0.3) is 5.91 Å². The van der Waals surface area contributed by atoms with Gasteiger partial charge in [-0.2, -0.15) is 0 Å². The second-order valence-electron chi connectivity index (χ2n) is 8.62. The van der Waals surface area contributed by atoms with Gasteiger partial charge in [0.1, 0.15) is 6.61 Å². The Hall–Kier alpha value is -4.24. The van der Waals surface area contributed by atoms with Crippen molar-refractivity contribution in [1.82, 2.24) is 10.3 Å². The van der Waals surface area contributed by atoms with Crippen molar-refractivity contribution in [3.8, 4) is 0 Å². The van der Waals surface area contributed by atoms with Crippen molar-refractivity contribution in [2.24, 2.45) is 5.92 Å². The molecule has 4 rings (SSSR count). The molecular weight excluding hydrogens is 548 g/mol. The Morgan fingerprint density at radius 1 is 0.974 bits per heavy atom. The molecule has 0 fully saturated rings. The molecule has 4 aromatic rings. The van der Waals surface area contributed by atoms with Crippen LogP contribution in [-0.4, -0.2) is 42.6 Å². The summed E-state index contributed by atoms with van der Waals surface area (Å²) in [6, 6.07) is 24.2. The average molecular weight is 575 g/mol. The quantitative estimate of drug-likeness (QED) is 0.252. The highest BCUT2D eigenvalue weighted by atomic mass is 79.9. The van der Waals surface area contributed by atoms with Crippen LogP contribution in [0.5, 0.6) is 0 Å². The third-order valence-electron chi connectivity index (χ3n) is 5.83. The molecule has 1 aromatic heterocycles. The number of benzene rings is 3. The molecule has 0 saturated carbocycles. The van der Waals surface area contributed by atoms with Gasteiger partial charge in [0.2, 0.25) is 5.91 Å². The number of para-hydroxylation sites is 1. The van der Waals surface area contributed by atoms with Crippen molar-refractivity contribution in [3.63, 3.8) is 0 Å². The van der Waals surface area contributed by atoms with Crippen molar-refractivity contribution >= 4 is 56.0 Å². The molecule has 3 aromatic carbocycles. The summed E-state index contributed by atoms with van der Waals surface area (Å²) in [6.45, 7) is 2.04. The maximum atomic E-state index is 13.3. The van der Waals surface area contributed by atoms with Gasteiger partial charge >= 0.3 is 6.09 Å². The van der Waals surface area contributed by atoms with Crippen LogP contribution in [0.4, 0.5) is 16.2 Å². The minimum Gasteiger partial charge on any atom is -0.447 e. The van der Waals surface area contributed by atoms with Crippen molar-refractivity contribution in [2.45, 2.75) is 6.92 Å². The van der Waals surface area contributed by atoms with Crippen LogP contribution in [0.2, 0.25) is 0 Å². The number of rotatable bonds is 9. The van der Waals surface area contributed by atoms with E-state index in [4.69, 9.17) is 4.74 Å². The van der Waals surface area contributed by atoms with E-state index >= 15 is 0 Å². The molecule has 0 aliphatic heterocycles. The van der Waals surface area contributed by atoms with Crippen LogP contribution >= 0.6 is 15.9 Å². The third kappa shape index (κ3) is 6.95. The lowest BCUT2D eigenvalue weighted by atomic mass is 10.1. The molecule has 2 N–H and O–H groups in total. The minimum absolute atomic E-state index is 0.000100. The number of fused-ring (bicyclic) bond motifs is 1. The molecule has 1 atom stereocenters. The van der Waals surface area contributed by atoms with Crippen LogP contribution in [0, 0.1) is 5.92 Å². The fourth-order valence-corrected chi connectivity index (χ4v) is 4.29. The molecule has 194 valence electrons. The molecule has 0 saturated heterocycles. The van der Waals surface area contributed by atoms with Crippen molar-refractivity contribution in [2.75, 3.05) is 29.9 Å². The van der Waals surface area contributed by atoms with Gasteiger partial charge in [-0.3, -0.25) is 19.9 Å².